The van der Waals surface area contributed by atoms with Gasteiger partial charge in [-0.05, 0) is 23.1 Å². The summed E-state index contributed by atoms with van der Waals surface area (Å²) in [6.07, 6.45) is -2.60. The SMILES string of the molecule is O=C(NCCCO[C@@H]1OC(CO)[C@H](O)C(O)C1O)OC1Cc2ccccc2/C=C\c2ccccc21. The van der Waals surface area contributed by atoms with Gasteiger partial charge < -0.3 is 40.0 Å². The highest BCUT2D eigenvalue weighted by molar-refractivity contribution is 5.74. The number of fused-ring (bicyclic) bond motifs is 2. The van der Waals surface area contributed by atoms with E-state index >= 15 is 0 Å². The fourth-order valence-electron chi connectivity index (χ4n) is 4.27. The highest BCUT2D eigenvalue weighted by Crippen LogP contribution is 2.31. The molecule has 5 N–H and O–H groups in total. The van der Waals surface area contributed by atoms with E-state index in [1.807, 2.05) is 54.6 Å². The lowest BCUT2D eigenvalue weighted by atomic mass is 9.91. The third-order valence-corrected chi connectivity index (χ3v) is 6.22. The molecule has 0 spiro atoms. The van der Waals surface area contributed by atoms with Crippen molar-refractivity contribution in [3.8, 4) is 0 Å². The maximum atomic E-state index is 12.6. The third-order valence-electron chi connectivity index (χ3n) is 6.22. The third kappa shape index (κ3) is 6.07. The minimum absolute atomic E-state index is 0.105. The van der Waals surface area contributed by atoms with Crippen LogP contribution in [0.5, 0.6) is 0 Å². The van der Waals surface area contributed by atoms with Crippen molar-refractivity contribution in [2.75, 3.05) is 19.8 Å². The highest BCUT2D eigenvalue weighted by atomic mass is 16.7. The standard InChI is InChI=1S/C26H31NO8/c28-15-21-22(29)23(30)24(31)25(34-21)33-13-5-12-27-26(32)35-20-14-18-8-2-1-6-16(18)10-11-17-7-3-4-9-19(17)20/h1-4,6-11,20-25,28-31H,5,12-15H2,(H,27,32)/b11-10-/t20?,21?,22-,23?,24?,25+/m0/s1. The first-order chi connectivity index (χ1) is 17.0. The number of aliphatic hydroxyl groups excluding tert-OH is 4. The molecule has 35 heavy (non-hydrogen) atoms. The summed E-state index contributed by atoms with van der Waals surface area (Å²) in [5, 5.41) is 41.6. The number of hydrogen-bond acceptors (Lipinski definition) is 8. The largest absolute Gasteiger partial charge is 0.441 e. The van der Waals surface area contributed by atoms with E-state index in [9.17, 15) is 25.2 Å². The van der Waals surface area contributed by atoms with Crippen molar-refractivity contribution in [3.63, 3.8) is 0 Å². The molecule has 1 amide bonds. The minimum atomic E-state index is -1.49. The smallest absolute Gasteiger partial charge is 0.407 e. The van der Waals surface area contributed by atoms with E-state index < -0.39 is 49.5 Å². The molecule has 4 unspecified atom stereocenters. The lowest BCUT2D eigenvalue weighted by molar-refractivity contribution is -0.301. The predicted molar refractivity (Wildman–Crippen MR) is 127 cm³/mol. The summed E-state index contributed by atoms with van der Waals surface area (Å²) in [6.45, 7) is -0.169. The second-order valence-electron chi connectivity index (χ2n) is 8.61. The maximum absolute atomic E-state index is 12.6. The van der Waals surface area contributed by atoms with Crippen LogP contribution in [0.2, 0.25) is 0 Å². The molecule has 4 rings (SSSR count). The quantitative estimate of drug-likeness (QED) is 0.371. The minimum Gasteiger partial charge on any atom is -0.441 e. The van der Waals surface area contributed by atoms with Gasteiger partial charge in [0.15, 0.2) is 6.29 Å². The molecular formula is C26H31NO8. The van der Waals surface area contributed by atoms with Gasteiger partial charge in [0.2, 0.25) is 0 Å². The van der Waals surface area contributed by atoms with E-state index in [-0.39, 0.29) is 13.2 Å². The molecule has 1 aliphatic carbocycles. The van der Waals surface area contributed by atoms with E-state index in [4.69, 9.17) is 14.2 Å². The number of carbonyl (C=O) groups excluding carboxylic acids is 1. The molecule has 9 nitrogen and oxygen atoms in total. The average molecular weight is 486 g/mol. The highest BCUT2D eigenvalue weighted by Gasteiger charge is 2.43. The number of aliphatic hydroxyl groups is 4. The van der Waals surface area contributed by atoms with Crippen LogP contribution in [-0.4, -0.2) is 77.0 Å². The molecule has 0 aromatic heterocycles. The molecule has 1 saturated heterocycles. The normalized spacial score (nSPS) is 28.7. The van der Waals surface area contributed by atoms with Crippen molar-refractivity contribution < 1.29 is 39.4 Å². The second-order valence-corrected chi connectivity index (χ2v) is 8.61. The molecular weight excluding hydrogens is 454 g/mol. The van der Waals surface area contributed by atoms with Gasteiger partial charge in [0.05, 0.1) is 13.2 Å². The predicted octanol–water partition coefficient (Wildman–Crippen LogP) is 1.39. The van der Waals surface area contributed by atoms with E-state index in [0.717, 1.165) is 22.3 Å². The Kier molecular flexibility index (Phi) is 8.50. The number of nitrogens with one attached hydrogen (secondary N) is 1. The van der Waals surface area contributed by atoms with Gasteiger partial charge in [-0.3, -0.25) is 0 Å². The van der Waals surface area contributed by atoms with Crippen LogP contribution >= 0.6 is 0 Å². The van der Waals surface area contributed by atoms with Gasteiger partial charge in [-0.1, -0.05) is 60.7 Å². The fourth-order valence-corrected chi connectivity index (χ4v) is 4.27. The van der Waals surface area contributed by atoms with Gasteiger partial charge in [-0.15, -0.1) is 0 Å². The monoisotopic (exact) mass is 485 g/mol. The number of benzene rings is 2. The topological polar surface area (TPSA) is 138 Å². The Bertz CT molecular complexity index is 1030. The van der Waals surface area contributed by atoms with Gasteiger partial charge >= 0.3 is 6.09 Å². The van der Waals surface area contributed by atoms with E-state index in [1.165, 1.54) is 0 Å². The first-order valence-electron chi connectivity index (χ1n) is 11.7. The molecule has 1 fully saturated rings. The van der Waals surface area contributed by atoms with Crippen LogP contribution in [0.25, 0.3) is 12.2 Å². The summed E-state index contributed by atoms with van der Waals surface area (Å²) in [5.74, 6) is 0. The summed E-state index contributed by atoms with van der Waals surface area (Å²) >= 11 is 0. The molecule has 0 radical (unpaired) electrons. The summed E-state index contributed by atoms with van der Waals surface area (Å²) < 4.78 is 16.5. The Balaban J connectivity index is 1.28. The summed E-state index contributed by atoms with van der Waals surface area (Å²) in [6, 6.07) is 15.8. The molecule has 0 saturated carbocycles. The number of hydrogen-bond donors (Lipinski definition) is 5. The Labute approximate surface area is 203 Å². The summed E-state index contributed by atoms with van der Waals surface area (Å²) in [5.41, 5.74) is 4.09. The van der Waals surface area contributed by atoms with Crippen LogP contribution in [0, 0.1) is 0 Å². The van der Waals surface area contributed by atoms with Crippen LogP contribution < -0.4 is 5.32 Å². The maximum Gasteiger partial charge on any atom is 0.407 e. The van der Waals surface area contributed by atoms with Crippen LogP contribution in [0.1, 0.15) is 34.8 Å². The van der Waals surface area contributed by atoms with Crippen molar-refractivity contribution in [2.45, 2.75) is 49.7 Å². The molecule has 0 bridgehead atoms. The van der Waals surface area contributed by atoms with Crippen LogP contribution in [0.4, 0.5) is 4.79 Å². The average Bonchev–Trinajstić information content (AvgIpc) is 2.86. The fraction of sp³-hybridized carbons (Fsp3) is 0.423. The number of carbonyl (C=O) groups is 1. The molecule has 9 heteroatoms. The summed E-state index contributed by atoms with van der Waals surface area (Å²) in [7, 11) is 0. The zero-order valence-corrected chi connectivity index (χ0v) is 19.2. The van der Waals surface area contributed by atoms with Crippen molar-refractivity contribution in [1.29, 1.82) is 0 Å². The van der Waals surface area contributed by atoms with Crippen molar-refractivity contribution in [1.82, 2.24) is 5.32 Å². The Morgan fingerprint density at radius 3 is 2.49 bits per heavy atom. The molecule has 2 aromatic rings. The molecule has 2 aromatic carbocycles. The molecule has 1 heterocycles. The van der Waals surface area contributed by atoms with Gasteiger partial charge in [-0.25, -0.2) is 4.79 Å². The number of rotatable bonds is 7. The van der Waals surface area contributed by atoms with Crippen LogP contribution in [-0.2, 0) is 20.6 Å². The van der Waals surface area contributed by atoms with E-state index in [2.05, 4.69) is 11.4 Å². The van der Waals surface area contributed by atoms with Crippen LogP contribution in [0.3, 0.4) is 0 Å². The Morgan fingerprint density at radius 1 is 0.971 bits per heavy atom. The Hall–Kier alpha value is -2.79. The Morgan fingerprint density at radius 2 is 1.69 bits per heavy atom. The second kappa shape index (κ2) is 11.8. The zero-order valence-electron chi connectivity index (χ0n) is 19.2. The van der Waals surface area contributed by atoms with Gasteiger partial charge in [0, 0.05) is 18.5 Å². The van der Waals surface area contributed by atoms with Crippen LogP contribution in [0.15, 0.2) is 48.5 Å². The van der Waals surface area contributed by atoms with Crippen molar-refractivity contribution in [3.05, 3.63) is 70.8 Å². The number of ether oxygens (including phenoxy) is 3. The molecule has 2 aliphatic rings. The number of amides is 1. The van der Waals surface area contributed by atoms with Gasteiger partial charge in [0.25, 0.3) is 0 Å². The lowest BCUT2D eigenvalue weighted by Crippen LogP contribution is -2.59. The molecule has 6 atom stereocenters. The first kappa shape index (κ1) is 25.3. The first-order valence-corrected chi connectivity index (χ1v) is 11.7. The van der Waals surface area contributed by atoms with E-state index in [0.29, 0.717) is 12.8 Å². The summed E-state index contributed by atoms with van der Waals surface area (Å²) in [4.78, 5) is 12.6. The van der Waals surface area contributed by atoms with Crippen molar-refractivity contribution in [2.24, 2.45) is 0 Å². The van der Waals surface area contributed by atoms with Gasteiger partial charge in [0.1, 0.15) is 30.5 Å². The lowest BCUT2D eigenvalue weighted by Gasteiger charge is -2.39. The van der Waals surface area contributed by atoms with Crippen molar-refractivity contribution >= 4 is 18.2 Å². The zero-order chi connectivity index (χ0) is 24.8. The number of alkyl carbamates (subject to hydrolysis) is 1. The van der Waals surface area contributed by atoms with Gasteiger partial charge in [-0.2, -0.15) is 0 Å². The molecule has 1 aliphatic heterocycles. The van der Waals surface area contributed by atoms with E-state index in [1.54, 1.807) is 0 Å². The molecule has 188 valence electrons.